The van der Waals surface area contributed by atoms with E-state index in [4.69, 9.17) is 16.3 Å². The van der Waals surface area contributed by atoms with Crippen LogP contribution in [-0.4, -0.2) is 30.4 Å². The first-order valence-electron chi connectivity index (χ1n) is 10.7. The highest BCUT2D eigenvalue weighted by molar-refractivity contribution is 9.10. The van der Waals surface area contributed by atoms with E-state index >= 15 is 0 Å². The summed E-state index contributed by atoms with van der Waals surface area (Å²) in [6.07, 6.45) is 1.33. The number of carbonyl (C=O) groups excluding carboxylic acids is 4. The molecular weight excluding hydrogens is 550 g/mol. The van der Waals surface area contributed by atoms with Crippen molar-refractivity contribution in [3.8, 4) is 5.75 Å². The molecule has 0 aromatic heterocycles. The summed E-state index contributed by atoms with van der Waals surface area (Å²) in [6, 6.07) is 17.6. The summed E-state index contributed by atoms with van der Waals surface area (Å²) >= 11 is 9.60. The summed E-state index contributed by atoms with van der Waals surface area (Å²) in [4.78, 5) is 50.8. The largest absolute Gasteiger partial charge is 0.482 e. The van der Waals surface area contributed by atoms with Crippen LogP contribution in [0.3, 0.4) is 0 Å². The van der Waals surface area contributed by atoms with Gasteiger partial charge < -0.3 is 10.1 Å². The van der Waals surface area contributed by atoms with Crippen LogP contribution in [0.15, 0.2) is 76.8 Å². The maximum Gasteiger partial charge on any atom is 0.335 e. The van der Waals surface area contributed by atoms with Gasteiger partial charge in [-0.05, 0) is 67.1 Å². The highest BCUT2D eigenvalue weighted by Crippen LogP contribution is 2.28. The van der Waals surface area contributed by atoms with Crippen molar-refractivity contribution in [2.75, 3.05) is 16.8 Å². The van der Waals surface area contributed by atoms with E-state index in [1.54, 1.807) is 42.5 Å². The summed E-state index contributed by atoms with van der Waals surface area (Å²) in [5.74, 6) is -1.69. The van der Waals surface area contributed by atoms with E-state index in [0.717, 1.165) is 14.9 Å². The van der Waals surface area contributed by atoms with Gasteiger partial charge >= 0.3 is 6.03 Å². The second-order valence-electron chi connectivity index (χ2n) is 7.83. The lowest BCUT2D eigenvalue weighted by molar-refractivity contribution is -0.122. The number of barbiturate groups is 1. The Labute approximate surface area is 220 Å². The molecule has 10 heteroatoms. The van der Waals surface area contributed by atoms with E-state index in [1.807, 2.05) is 19.1 Å². The number of carbonyl (C=O) groups is 4. The molecule has 1 saturated heterocycles. The van der Waals surface area contributed by atoms with Crippen LogP contribution in [0, 0.1) is 6.92 Å². The van der Waals surface area contributed by atoms with Crippen molar-refractivity contribution >= 4 is 68.7 Å². The number of ether oxygens (including phenoxy) is 1. The Morgan fingerprint density at radius 3 is 2.42 bits per heavy atom. The third kappa shape index (κ3) is 5.81. The maximum absolute atomic E-state index is 13.0. The van der Waals surface area contributed by atoms with Gasteiger partial charge in [-0.25, -0.2) is 9.69 Å². The van der Waals surface area contributed by atoms with Crippen LogP contribution in [-0.2, 0) is 14.4 Å². The van der Waals surface area contributed by atoms with Gasteiger partial charge in [-0.15, -0.1) is 0 Å². The van der Waals surface area contributed by atoms with Crippen molar-refractivity contribution < 1.29 is 23.9 Å². The lowest BCUT2D eigenvalue weighted by Crippen LogP contribution is -2.54. The van der Waals surface area contributed by atoms with Gasteiger partial charge in [0.05, 0.1) is 10.7 Å². The fourth-order valence-corrected chi connectivity index (χ4v) is 3.86. The average Bonchev–Trinajstić information content (AvgIpc) is 2.84. The van der Waals surface area contributed by atoms with Crippen LogP contribution in [0.25, 0.3) is 6.08 Å². The smallest absolute Gasteiger partial charge is 0.335 e. The molecule has 3 aromatic rings. The summed E-state index contributed by atoms with van der Waals surface area (Å²) in [5, 5.41) is 5.07. The molecule has 1 aliphatic rings. The molecule has 36 heavy (non-hydrogen) atoms. The molecule has 3 aromatic carbocycles. The first-order valence-corrected chi connectivity index (χ1v) is 11.8. The number of imide groups is 2. The normalized spacial score (nSPS) is 14.6. The van der Waals surface area contributed by atoms with E-state index in [-0.39, 0.29) is 28.9 Å². The zero-order valence-electron chi connectivity index (χ0n) is 18.9. The first-order chi connectivity index (χ1) is 17.2. The van der Waals surface area contributed by atoms with Crippen molar-refractivity contribution in [1.82, 2.24) is 5.32 Å². The van der Waals surface area contributed by atoms with Crippen LogP contribution < -0.4 is 20.3 Å². The Morgan fingerprint density at radius 1 is 1.06 bits per heavy atom. The quantitative estimate of drug-likeness (QED) is 0.318. The minimum absolute atomic E-state index is 0.178. The van der Waals surface area contributed by atoms with Crippen LogP contribution in [0.5, 0.6) is 5.75 Å². The predicted molar refractivity (Wildman–Crippen MR) is 140 cm³/mol. The van der Waals surface area contributed by atoms with Crippen LogP contribution in [0.1, 0.15) is 11.1 Å². The van der Waals surface area contributed by atoms with Crippen LogP contribution >= 0.6 is 27.5 Å². The number of hydrogen-bond donors (Lipinski definition) is 2. The highest BCUT2D eigenvalue weighted by Gasteiger charge is 2.36. The SMILES string of the molecule is Cc1ccc(NC(=O)COc2ccc(/C=C3\C(=O)NC(=O)N(c4ccc(Br)cc4)C3=O)cc2Cl)cc1. The number of benzene rings is 3. The van der Waals surface area contributed by atoms with E-state index in [9.17, 15) is 19.2 Å². The van der Waals surface area contributed by atoms with Gasteiger partial charge in [0.2, 0.25) is 0 Å². The third-order valence-corrected chi connectivity index (χ3v) is 5.97. The molecule has 1 aliphatic heterocycles. The zero-order valence-corrected chi connectivity index (χ0v) is 21.2. The van der Waals surface area contributed by atoms with Crippen molar-refractivity contribution in [1.29, 1.82) is 0 Å². The number of aryl methyl sites for hydroxylation is 1. The zero-order chi connectivity index (χ0) is 25.8. The molecule has 182 valence electrons. The van der Waals surface area contributed by atoms with E-state index in [2.05, 4.69) is 26.6 Å². The minimum atomic E-state index is -0.838. The van der Waals surface area contributed by atoms with Crippen molar-refractivity contribution in [3.63, 3.8) is 0 Å². The number of urea groups is 1. The summed E-state index contributed by atoms with van der Waals surface area (Å²) in [6.45, 7) is 1.68. The standard InChI is InChI=1S/C26H19BrClN3O5/c1-15-2-7-18(8-3-15)29-23(32)14-36-22-11-4-16(13-21(22)28)12-20-24(33)30-26(35)31(25(20)34)19-9-5-17(27)6-10-19/h2-13H,14H2,1H3,(H,29,32)(H,30,33,35)/b20-12+. The summed E-state index contributed by atoms with van der Waals surface area (Å²) in [5.41, 5.74) is 2.23. The van der Waals surface area contributed by atoms with Crippen molar-refractivity contribution in [2.24, 2.45) is 0 Å². The molecule has 2 N–H and O–H groups in total. The fourth-order valence-electron chi connectivity index (χ4n) is 3.35. The molecule has 0 unspecified atom stereocenters. The molecule has 0 aliphatic carbocycles. The minimum Gasteiger partial charge on any atom is -0.482 e. The Hall–Kier alpha value is -3.95. The number of halogens is 2. The number of rotatable bonds is 6. The van der Waals surface area contributed by atoms with Gasteiger partial charge in [0.15, 0.2) is 6.61 Å². The number of anilines is 2. The highest BCUT2D eigenvalue weighted by atomic mass is 79.9. The van der Waals surface area contributed by atoms with Gasteiger partial charge in [0, 0.05) is 10.2 Å². The molecule has 0 bridgehead atoms. The Balaban J connectivity index is 1.47. The maximum atomic E-state index is 13.0. The van der Waals surface area contributed by atoms with Crippen LogP contribution in [0.4, 0.5) is 16.2 Å². The topological polar surface area (TPSA) is 105 Å². The Bertz CT molecular complexity index is 1390. The molecule has 0 spiro atoms. The molecule has 4 rings (SSSR count). The second-order valence-corrected chi connectivity index (χ2v) is 9.15. The lowest BCUT2D eigenvalue weighted by Gasteiger charge is -2.26. The molecule has 8 nitrogen and oxygen atoms in total. The summed E-state index contributed by atoms with van der Waals surface area (Å²) < 4.78 is 6.28. The van der Waals surface area contributed by atoms with E-state index < -0.39 is 17.8 Å². The van der Waals surface area contributed by atoms with E-state index in [1.165, 1.54) is 18.2 Å². The summed E-state index contributed by atoms with van der Waals surface area (Å²) in [7, 11) is 0. The monoisotopic (exact) mass is 567 g/mol. The third-order valence-electron chi connectivity index (χ3n) is 5.15. The van der Waals surface area contributed by atoms with Gasteiger partial charge in [-0.1, -0.05) is 51.3 Å². The molecule has 0 saturated carbocycles. The number of amides is 5. The second kappa shape index (κ2) is 10.8. The van der Waals surface area contributed by atoms with Crippen LogP contribution in [0.2, 0.25) is 5.02 Å². The van der Waals surface area contributed by atoms with Gasteiger partial charge in [0.25, 0.3) is 17.7 Å². The number of hydrogen-bond acceptors (Lipinski definition) is 5. The average molecular weight is 569 g/mol. The Morgan fingerprint density at radius 2 is 1.75 bits per heavy atom. The lowest BCUT2D eigenvalue weighted by atomic mass is 10.1. The molecule has 1 heterocycles. The first kappa shape index (κ1) is 25.2. The number of nitrogens with zero attached hydrogens (tertiary/aromatic N) is 1. The molecule has 5 amide bonds. The predicted octanol–water partition coefficient (Wildman–Crippen LogP) is 5.09. The number of nitrogens with one attached hydrogen (secondary N) is 2. The molecule has 1 fully saturated rings. The molecular formula is C26H19BrClN3O5. The molecule has 0 radical (unpaired) electrons. The fraction of sp³-hybridized carbons (Fsp3) is 0.0769. The Kier molecular flexibility index (Phi) is 7.52. The van der Waals surface area contributed by atoms with Gasteiger partial charge in [0.1, 0.15) is 11.3 Å². The van der Waals surface area contributed by atoms with Crippen molar-refractivity contribution in [2.45, 2.75) is 6.92 Å². The van der Waals surface area contributed by atoms with Gasteiger partial charge in [-0.3, -0.25) is 19.7 Å². The van der Waals surface area contributed by atoms with E-state index in [0.29, 0.717) is 16.9 Å². The van der Waals surface area contributed by atoms with Crippen molar-refractivity contribution in [3.05, 3.63) is 92.9 Å². The molecule has 0 atom stereocenters. The van der Waals surface area contributed by atoms with Gasteiger partial charge in [-0.2, -0.15) is 0 Å².